The summed E-state index contributed by atoms with van der Waals surface area (Å²) in [5, 5.41) is 8.67. The second-order valence-corrected chi connectivity index (χ2v) is 4.56. The molecule has 0 saturated heterocycles. The number of benzene rings is 1. The van der Waals surface area contributed by atoms with Gasteiger partial charge in [-0.2, -0.15) is 0 Å². The summed E-state index contributed by atoms with van der Waals surface area (Å²) in [5.41, 5.74) is 2.40. The summed E-state index contributed by atoms with van der Waals surface area (Å²) in [4.78, 5) is 10.6. The molecule has 0 aromatic heterocycles. The Morgan fingerprint density at radius 3 is 2.53 bits per heavy atom. The Kier molecular flexibility index (Phi) is 3.79. The van der Waals surface area contributed by atoms with Gasteiger partial charge in [0, 0.05) is 0 Å². The lowest BCUT2D eigenvalue weighted by Crippen LogP contribution is -2.13. The molecule has 1 unspecified atom stereocenters. The van der Waals surface area contributed by atoms with Gasteiger partial charge in [0.1, 0.15) is 6.61 Å². The minimum Gasteiger partial charge on any atom is -0.480 e. The minimum atomic E-state index is -0.902. The van der Waals surface area contributed by atoms with E-state index in [0.717, 1.165) is 24.8 Å². The molecule has 17 heavy (non-hydrogen) atoms. The summed E-state index contributed by atoms with van der Waals surface area (Å²) in [6.07, 6.45) is 3.25. The first-order valence-electron chi connectivity index (χ1n) is 6.13. The van der Waals surface area contributed by atoms with Crippen LogP contribution < -0.4 is 0 Å². The molecule has 1 atom stereocenters. The van der Waals surface area contributed by atoms with Gasteiger partial charge in [0.25, 0.3) is 0 Å². The van der Waals surface area contributed by atoms with Crippen LogP contribution >= 0.6 is 0 Å². The van der Waals surface area contributed by atoms with Gasteiger partial charge in [-0.15, -0.1) is 0 Å². The summed E-state index contributed by atoms with van der Waals surface area (Å²) >= 11 is 0. The number of carbonyl (C=O) groups is 1. The number of rotatable bonds is 6. The fourth-order valence-corrected chi connectivity index (χ4v) is 2.01. The molecule has 3 heteroatoms. The zero-order valence-electron chi connectivity index (χ0n) is 10.1. The Bertz CT molecular complexity index is 379. The number of aryl methyl sites for hydroxylation is 1. The van der Waals surface area contributed by atoms with Gasteiger partial charge in [-0.1, -0.05) is 31.2 Å². The molecule has 1 aromatic carbocycles. The molecule has 1 aromatic rings. The molecule has 1 aliphatic carbocycles. The fraction of sp³-hybridized carbons (Fsp3) is 0.500. The minimum absolute atomic E-state index is 0.0444. The Balaban J connectivity index is 2.05. The third-order valence-corrected chi connectivity index (χ3v) is 3.15. The highest BCUT2D eigenvalue weighted by Crippen LogP contribution is 2.43. The summed E-state index contributed by atoms with van der Waals surface area (Å²) in [5.74, 6) is -0.400. The first kappa shape index (κ1) is 12.1. The highest BCUT2D eigenvalue weighted by atomic mass is 16.5. The molecule has 92 valence electrons. The predicted octanol–water partition coefficient (Wildman–Crippen LogP) is 2.80. The number of ether oxygens (including phenoxy) is 1. The van der Waals surface area contributed by atoms with Crippen molar-refractivity contribution in [2.24, 2.45) is 5.92 Å². The highest BCUT2D eigenvalue weighted by Gasteiger charge is 2.33. The summed E-state index contributed by atoms with van der Waals surface area (Å²) in [7, 11) is 0. The van der Waals surface area contributed by atoms with Gasteiger partial charge in [0.05, 0.1) is 6.10 Å². The smallest absolute Gasteiger partial charge is 0.329 e. The molecular formula is C14H18O3. The van der Waals surface area contributed by atoms with Crippen LogP contribution in [0.4, 0.5) is 0 Å². The second-order valence-electron chi connectivity index (χ2n) is 4.56. The Labute approximate surface area is 101 Å². The lowest BCUT2D eigenvalue weighted by atomic mass is 10.0. The van der Waals surface area contributed by atoms with Crippen molar-refractivity contribution in [2.45, 2.75) is 32.3 Å². The third kappa shape index (κ3) is 3.30. The van der Waals surface area contributed by atoms with Gasteiger partial charge >= 0.3 is 5.97 Å². The Hall–Kier alpha value is -1.35. The molecule has 3 nitrogen and oxygen atoms in total. The number of aliphatic carboxylic acids is 1. The third-order valence-electron chi connectivity index (χ3n) is 3.15. The lowest BCUT2D eigenvalue weighted by molar-refractivity contribution is -0.145. The fourth-order valence-electron chi connectivity index (χ4n) is 2.01. The van der Waals surface area contributed by atoms with Crippen molar-refractivity contribution in [1.29, 1.82) is 0 Å². The van der Waals surface area contributed by atoms with Crippen molar-refractivity contribution >= 4 is 5.97 Å². The Morgan fingerprint density at radius 2 is 2.06 bits per heavy atom. The van der Waals surface area contributed by atoms with Crippen LogP contribution in [-0.4, -0.2) is 17.7 Å². The molecule has 1 N–H and O–H groups in total. The lowest BCUT2D eigenvalue weighted by Gasteiger charge is -2.17. The van der Waals surface area contributed by atoms with E-state index in [1.54, 1.807) is 0 Å². The van der Waals surface area contributed by atoms with Gasteiger partial charge in [-0.05, 0) is 36.3 Å². The molecule has 0 aliphatic heterocycles. The van der Waals surface area contributed by atoms with E-state index in [4.69, 9.17) is 9.84 Å². The van der Waals surface area contributed by atoms with Crippen LogP contribution in [-0.2, 0) is 16.0 Å². The molecule has 0 spiro atoms. The number of carboxylic acids is 1. The molecular weight excluding hydrogens is 216 g/mol. The average molecular weight is 234 g/mol. The maximum absolute atomic E-state index is 10.6. The van der Waals surface area contributed by atoms with Gasteiger partial charge in [0.2, 0.25) is 0 Å². The topological polar surface area (TPSA) is 46.5 Å². The molecule has 0 amide bonds. The van der Waals surface area contributed by atoms with Crippen LogP contribution in [0.2, 0.25) is 0 Å². The molecule has 1 saturated carbocycles. The molecule has 0 bridgehead atoms. The van der Waals surface area contributed by atoms with Gasteiger partial charge < -0.3 is 9.84 Å². The van der Waals surface area contributed by atoms with Crippen LogP contribution in [0.1, 0.15) is 37.0 Å². The van der Waals surface area contributed by atoms with E-state index < -0.39 is 5.97 Å². The quantitative estimate of drug-likeness (QED) is 0.823. The molecule has 1 fully saturated rings. The summed E-state index contributed by atoms with van der Waals surface area (Å²) in [6.45, 7) is 1.91. The monoisotopic (exact) mass is 234 g/mol. The van der Waals surface area contributed by atoms with Crippen molar-refractivity contribution in [3.05, 3.63) is 35.4 Å². The van der Waals surface area contributed by atoms with E-state index in [9.17, 15) is 4.79 Å². The highest BCUT2D eigenvalue weighted by molar-refractivity contribution is 5.68. The number of hydrogen-bond acceptors (Lipinski definition) is 2. The van der Waals surface area contributed by atoms with Crippen LogP contribution in [0.15, 0.2) is 24.3 Å². The van der Waals surface area contributed by atoms with E-state index >= 15 is 0 Å². The molecule has 2 rings (SSSR count). The van der Waals surface area contributed by atoms with E-state index in [0.29, 0.717) is 5.92 Å². The molecule has 0 heterocycles. The van der Waals surface area contributed by atoms with Gasteiger partial charge in [-0.3, -0.25) is 0 Å². The zero-order valence-corrected chi connectivity index (χ0v) is 10.1. The number of carboxylic acid groups (broad SMARTS) is 1. The van der Waals surface area contributed by atoms with Crippen molar-refractivity contribution in [3.8, 4) is 0 Å². The van der Waals surface area contributed by atoms with E-state index in [1.807, 2.05) is 0 Å². The normalized spacial score (nSPS) is 16.8. The summed E-state index contributed by atoms with van der Waals surface area (Å²) in [6, 6.07) is 8.30. The van der Waals surface area contributed by atoms with Crippen LogP contribution in [0.3, 0.4) is 0 Å². The average Bonchev–Trinajstić information content (AvgIpc) is 3.14. The first-order valence-corrected chi connectivity index (χ1v) is 6.13. The van der Waals surface area contributed by atoms with Gasteiger partial charge in [-0.25, -0.2) is 4.79 Å². The van der Waals surface area contributed by atoms with E-state index in [-0.39, 0.29) is 12.7 Å². The maximum Gasteiger partial charge on any atom is 0.329 e. The Morgan fingerprint density at radius 1 is 1.41 bits per heavy atom. The SMILES string of the molecule is CCc1ccc(C(OCC(=O)O)C2CC2)cc1. The second kappa shape index (κ2) is 5.32. The summed E-state index contributed by atoms with van der Waals surface area (Å²) < 4.78 is 5.49. The first-order chi connectivity index (χ1) is 8.20. The van der Waals surface area contributed by atoms with E-state index in [1.165, 1.54) is 5.56 Å². The van der Waals surface area contributed by atoms with Crippen LogP contribution in [0.25, 0.3) is 0 Å². The maximum atomic E-state index is 10.6. The van der Waals surface area contributed by atoms with Crippen molar-refractivity contribution in [3.63, 3.8) is 0 Å². The zero-order chi connectivity index (χ0) is 12.3. The molecule has 1 aliphatic rings. The predicted molar refractivity (Wildman–Crippen MR) is 64.9 cm³/mol. The van der Waals surface area contributed by atoms with Crippen molar-refractivity contribution in [2.75, 3.05) is 6.61 Å². The van der Waals surface area contributed by atoms with Crippen LogP contribution in [0, 0.1) is 5.92 Å². The van der Waals surface area contributed by atoms with Gasteiger partial charge in [0.15, 0.2) is 0 Å². The largest absolute Gasteiger partial charge is 0.480 e. The van der Waals surface area contributed by atoms with Crippen LogP contribution in [0.5, 0.6) is 0 Å². The van der Waals surface area contributed by atoms with Crippen molar-refractivity contribution < 1.29 is 14.6 Å². The standard InChI is InChI=1S/C14H18O3/c1-2-10-3-5-11(6-4-10)14(12-7-8-12)17-9-13(15)16/h3-6,12,14H,2,7-9H2,1H3,(H,15,16). The van der Waals surface area contributed by atoms with Crippen molar-refractivity contribution in [1.82, 2.24) is 0 Å². The molecule has 0 radical (unpaired) electrons. The number of hydrogen-bond donors (Lipinski definition) is 1. The van der Waals surface area contributed by atoms with E-state index in [2.05, 4.69) is 31.2 Å².